The first-order valence-electron chi connectivity index (χ1n) is 10.1. The zero-order valence-electron chi connectivity index (χ0n) is 17.1. The van der Waals surface area contributed by atoms with Crippen LogP contribution in [0.1, 0.15) is 59.5 Å². The molecular formula is C22H28N2O5. The van der Waals surface area contributed by atoms with E-state index < -0.39 is 5.97 Å². The molecule has 0 N–H and O–H groups in total. The summed E-state index contributed by atoms with van der Waals surface area (Å²) in [6.07, 6.45) is 5.50. The quantitative estimate of drug-likeness (QED) is 0.686. The fraction of sp³-hybridized carbons (Fsp3) is 0.500. The van der Waals surface area contributed by atoms with Crippen molar-refractivity contribution >= 4 is 11.9 Å². The van der Waals surface area contributed by atoms with Gasteiger partial charge in [-0.2, -0.15) is 0 Å². The number of hydrogen-bond donors (Lipinski definition) is 0. The minimum Gasteiger partial charge on any atom is -0.488 e. The van der Waals surface area contributed by atoms with Gasteiger partial charge >= 0.3 is 5.97 Å². The number of hydrogen-bond acceptors (Lipinski definition) is 6. The average molecular weight is 400 g/mol. The highest BCUT2D eigenvalue weighted by Gasteiger charge is 2.20. The number of benzene rings is 1. The lowest BCUT2D eigenvalue weighted by Crippen LogP contribution is -2.37. The van der Waals surface area contributed by atoms with Crippen molar-refractivity contribution in [3.63, 3.8) is 0 Å². The molecule has 0 aliphatic carbocycles. The van der Waals surface area contributed by atoms with Crippen LogP contribution < -0.4 is 4.74 Å². The van der Waals surface area contributed by atoms with Crippen molar-refractivity contribution in [2.75, 3.05) is 19.7 Å². The predicted molar refractivity (Wildman–Crippen MR) is 107 cm³/mol. The Kier molecular flexibility index (Phi) is 7.27. The van der Waals surface area contributed by atoms with Gasteiger partial charge in [0.05, 0.1) is 11.3 Å². The zero-order chi connectivity index (χ0) is 20.6. The van der Waals surface area contributed by atoms with Crippen molar-refractivity contribution in [1.82, 2.24) is 10.1 Å². The SMILES string of the molecule is Cc1noc(C)c1COc1ccccc1C(=O)OCC(=O)N1CCCCCCC1. The standard InChI is InChI=1S/C22H28N2O5/c1-16-19(17(2)29-23-16)14-27-20-11-7-6-10-18(20)22(26)28-15-21(25)24-12-8-4-3-5-9-13-24/h6-7,10-11H,3-5,8-9,12-15H2,1-2H3. The number of nitrogens with zero attached hydrogens (tertiary/aromatic N) is 2. The molecule has 0 spiro atoms. The van der Waals surface area contributed by atoms with E-state index in [2.05, 4.69) is 5.16 Å². The summed E-state index contributed by atoms with van der Waals surface area (Å²) in [7, 11) is 0. The van der Waals surface area contributed by atoms with Crippen LogP contribution in [0.25, 0.3) is 0 Å². The number of likely N-dealkylation sites (tertiary alicyclic amines) is 1. The van der Waals surface area contributed by atoms with Gasteiger partial charge in [-0.15, -0.1) is 0 Å². The number of carbonyl (C=O) groups is 2. The van der Waals surface area contributed by atoms with Crippen LogP contribution in [0, 0.1) is 13.8 Å². The Morgan fingerprint density at radius 3 is 2.45 bits per heavy atom. The maximum absolute atomic E-state index is 12.6. The highest BCUT2D eigenvalue weighted by molar-refractivity contribution is 5.94. The van der Waals surface area contributed by atoms with Crippen LogP contribution in [0.2, 0.25) is 0 Å². The van der Waals surface area contributed by atoms with E-state index in [-0.39, 0.29) is 19.1 Å². The summed E-state index contributed by atoms with van der Waals surface area (Å²) in [5, 5.41) is 3.90. The summed E-state index contributed by atoms with van der Waals surface area (Å²) in [4.78, 5) is 26.8. The third-order valence-corrected chi connectivity index (χ3v) is 5.20. The summed E-state index contributed by atoms with van der Waals surface area (Å²) in [5.74, 6) is 0.367. The summed E-state index contributed by atoms with van der Waals surface area (Å²) in [6.45, 7) is 5.09. The largest absolute Gasteiger partial charge is 0.488 e. The number of rotatable bonds is 6. The second kappa shape index (κ2) is 10.1. The Balaban J connectivity index is 1.58. The molecule has 1 aromatic heterocycles. The third kappa shape index (κ3) is 5.59. The molecule has 1 fully saturated rings. The fourth-order valence-corrected chi connectivity index (χ4v) is 3.41. The summed E-state index contributed by atoms with van der Waals surface area (Å²) in [5.41, 5.74) is 1.89. The monoisotopic (exact) mass is 400 g/mol. The van der Waals surface area contributed by atoms with Gasteiger partial charge in [0.2, 0.25) is 0 Å². The Labute approximate surface area is 171 Å². The number of para-hydroxylation sites is 1. The van der Waals surface area contributed by atoms with E-state index in [1.807, 2.05) is 13.8 Å². The van der Waals surface area contributed by atoms with Crippen molar-refractivity contribution < 1.29 is 23.6 Å². The highest BCUT2D eigenvalue weighted by atomic mass is 16.5. The van der Waals surface area contributed by atoms with E-state index in [4.69, 9.17) is 14.0 Å². The van der Waals surface area contributed by atoms with Gasteiger partial charge in [-0.3, -0.25) is 4.79 Å². The Hall–Kier alpha value is -2.83. The summed E-state index contributed by atoms with van der Waals surface area (Å²) in [6, 6.07) is 6.85. The first kappa shape index (κ1) is 20.9. The van der Waals surface area contributed by atoms with Crippen LogP contribution in [-0.2, 0) is 16.1 Å². The van der Waals surface area contributed by atoms with Gasteiger partial charge in [0, 0.05) is 13.1 Å². The van der Waals surface area contributed by atoms with Gasteiger partial charge in [0.1, 0.15) is 23.7 Å². The molecule has 1 aliphatic heterocycles. The zero-order valence-corrected chi connectivity index (χ0v) is 17.1. The van der Waals surface area contributed by atoms with Crippen molar-refractivity contribution in [2.24, 2.45) is 0 Å². The second-order valence-electron chi connectivity index (χ2n) is 7.31. The number of esters is 1. The summed E-state index contributed by atoms with van der Waals surface area (Å²) >= 11 is 0. The van der Waals surface area contributed by atoms with Crippen LogP contribution in [-0.4, -0.2) is 41.6 Å². The van der Waals surface area contributed by atoms with Gasteiger partial charge in [0.15, 0.2) is 6.61 Å². The molecule has 3 rings (SSSR count). The molecule has 2 aromatic rings. The predicted octanol–water partition coefficient (Wildman–Crippen LogP) is 3.82. The van der Waals surface area contributed by atoms with Gasteiger partial charge in [-0.1, -0.05) is 36.6 Å². The fourth-order valence-electron chi connectivity index (χ4n) is 3.41. The molecule has 0 atom stereocenters. The highest BCUT2D eigenvalue weighted by Crippen LogP contribution is 2.22. The molecular weight excluding hydrogens is 372 g/mol. The lowest BCUT2D eigenvalue weighted by molar-refractivity contribution is -0.134. The van der Waals surface area contributed by atoms with E-state index in [0.29, 0.717) is 17.1 Å². The Morgan fingerprint density at radius 1 is 1.07 bits per heavy atom. The smallest absolute Gasteiger partial charge is 0.342 e. The molecule has 0 unspecified atom stereocenters. The number of aryl methyl sites for hydroxylation is 2. The van der Waals surface area contributed by atoms with Gasteiger partial charge in [-0.25, -0.2) is 4.79 Å². The molecule has 2 heterocycles. The normalized spacial score (nSPS) is 14.8. The molecule has 29 heavy (non-hydrogen) atoms. The lowest BCUT2D eigenvalue weighted by Gasteiger charge is -2.24. The number of aromatic nitrogens is 1. The molecule has 0 saturated carbocycles. The Morgan fingerprint density at radius 2 is 1.76 bits per heavy atom. The maximum atomic E-state index is 12.6. The van der Waals surface area contributed by atoms with E-state index in [1.54, 1.807) is 29.2 Å². The number of amides is 1. The minimum absolute atomic E-state index is 0.144. The van der Waals surface area contributed by atoms with E-state index >= 15 is 0 Å². The number of ether oxygens (including phenoxy) is 2. The van der Waals surface area contributed by atoms with Crippen LogP contribution >= 0.6 is 0 Å². The second-order valence-corrected chi connectivity index (χ2v) is 7.31. The van der Waals surface area contributed by atoms with Crippen LogP contribution in [0.4, 0.5) is 0 Å². The molecule has 0 radical (unpaired) electrons. The van der Waals surface area contributed by atoms with Crippen LogP contribution in [0.15, 0.2) is 28.8 Å². The summed E-state index contributed by atoms with van der Waals surface area (Å²) < 4.78 is 16.3. The maximum Gasteiger partial charge on any atom is 0.342 e. The van der Waals surface area contributed by atoms with E-state index in [9.17, 15) is 9.59 Å². The molecule has 156 valence electrons. The van der Waals surface area contributed by atoms with E-state index in [1.165, 1.54) is 6.42 Å². The van der Waals surface area contributed by atoms with Gasteiger partial charge < -0.3 is 18.9 Å². The average Bonchev–Trinajstić information content (AvgIpc) is 3.02. The first-order chi connectivity index (χ1) is 14.1. The molecule has 7 heteroatoms. The molecule has 1 amide bonds. The molecule has 1 aromatic carbocycles. The topological polar surface area (TPSA) is 81.9 Å². The van der Waals surface area contributed by atoms with E-state index in [0.717, 1.165) is 50.0 Å². The molecule has 1 saturated heterocycles. The molecule has 0 bridgehead atoms. The van der Waals surface area contributed by atoms with Gasteiger partial charge in [-0.05, 0) is 38.8 Å². The third-order valence-electron chi connectivity index (χ3n) is 5.20. The van der Waals surface area contributed by atoms with Crippen LogP contribution in [0.3, 0.4) is 0 Å². The molecule has 1 aliphatic rings. The van der Waals surface area contributed by atoms with Crippen molar-refractivity contribution in [1.29, 1.82) is 0 Å². The Bertz CT molecular complexity index is 818. The molecule has 7 nitrogen and oxygen atoms in total. The minimum atomic E-state index is -0.570. The van der Waals surface area contributed by atoms with Crippen molar-refractivity contribution in [3.05, 3.63) is 46.8 Å². The van der Waals surface area contributed by atoms with Gasteiger partial charge in [0.25, 0.3) is 5.91 Å². The van der Waals surface area contributed by atoms with Crippen LogP contribution in [0.5, 0.6) is 5.75 Å². The lowest BCUT2D eigenvalue weighted by atomic mass is 10.1. The van der Waals surface area contributed by atoms with Crippen molar-refractivity contribution in [3.8, 4) is 5.75 Å². The number of carbonyl (C=O) groups excluding carboxylic acids is 2. The van der Waals surface area contributed by atoms with Crippen molar-refractivity contribution in [2.45, 2.75) is 52.6 Å². The first-order valence-corrected chi connectivity index (χ1v) is 10.1.